The van der Waals surface area contributed by atoms with Crippen LogP contribution in [0.1, 0.15) is 24.0 Å². The summed E-state index contributed by atoms with van der Waals surface area (Å²) in [6.07, 6.45) is 7.70. The molecular weight excluding hydrogens is 246 g/mol. The van der Waals surface area contributed by atoms with Crippen LogP contribution in [0, 0.1) is 0 Å². The number of unbranched alkanes of at least 4 members (excludes halogenated alkanes) is 1. The predicted molar refractivity (Wildman–Crippen MR) is 85.8 cm³/mol. The predicted octanol–water partition coefficient (Wildman–Crippen LogP) is 4.31. The van der Waals surface area contributed by atoms with Gasteiger partial charge in [0.25, 0.3) is 0 Å². The Morgan fingerprint density at radius 1 is 1.00 bits per heavy atom. The number of nitrogens with two attached hydrogens (primary N) is 1. The third-order valence-electron chi connectivity index (χ3n) is 3.24. The van der Waals surface area contributed by atoms with Gasteiger partial charge in [0.1, 0.15) is 5.75 Å². The summed E-state index contributed by atoms with van der Waals surface area (Å²) in [5, 5.41) is 0. The van der Waals surface area contributed by atoms with E-state index >= 15 is 0 Å². The molecule has 0 aliphatic carbocycles. The van der Waals surface area contributed by atoms with Gasteiger partial charge >= 0.3 is 0 Å². The van der Waals surface area contributed by atoms with Gasteiger partial charge in [-0.1, -0.05) is 36.4 Å². The lowest BCUT2D eigenvalue weighted by Gasteiger charge is -2.01. The Kier molecular flexibility index (Phi) is 5.24. The summed E-state index contributed by atoms with van der Waals surface area (Å²) in [6, 6.07) is 16.2. The Labute approximate surface area is 120 Å². The molecule has 0 amide bonds. The zero-order valence-electron chi connectivity index (χ0n) is 11.9. The SMILES string of the molecule is COc1ccc(/C=C/CCCc2ccc(N)cc2)cc1. The first-order valence-corrected chi connectivity index (χ1v) is 6.93. The van der Waals surface area contributed by atoms with Gasteiger partial charge in [-0.2, -0.15) is 0 Å². The maximum absolute atomic E-state index is 5.67. The van der Waals surface area contributed by atoms with Crippen LogP contribution in [0.2, 0.25) is 0 Å². The lowest BCUT2D eigenvalue weighted by molar-refractivity contribution is 0.415. The van der Waals surface area contributed by atoms with E-state index in [4.69, 9.17) is 10.5 Å². The van der Waals surface area contributed by atoms with Crippen LogP contribution < -0.4 is 10.5 Å². The number of nitrogen functional groups attached to an aromatic ring is 1. The van der Waals surface area contributed by atoms with Crippen LogP contribution in [0.25, 0.3) is 6.08 Å². The summed E-state index contributed by atoms with van der Waals surface area (Å²) in [5.41, 5.74) is 9.05. The number of hydrogen-bond donors (Lipinski definition) is 1. The van der Waals surface area contributed by atoms with Gasteiger partial charge in [0.05, 0.1) is 7.11 Å². The van der Waals surface area contributed by atoms with E-state index in [1.54, 1.807) is 7.11 Å². The number of methoxy groups -OCH3 is 1. The maximum atomic E-state index is 5.67. The summed E-state index contributed by atoms with van der Waals surface area (Å²) >= 11 is 0. The molecule has 2 N–H and O–H groups in total. The van der Waals surface area contributed by atoms with Gasteiger partial charge in [0, 0.05) is 5.69 Å². The Bertz CT molecular complexity index is 541. The van der Waals surface area contributed by atoms with E-state index < -0.39 is 0 Å². The van der Waals surface area contributed by atoms with Gasteiger partial charge in [-0.3, -0.25) is 0 Å². The molecule has 0 radical (unpaired) electrons. The van der Waals surface area contributed by atoms with Crippen LogP contribution in [0.3, 0.4) is 0 Å². The molecular formula is C18H21NO. The molecule has 2 aromatic carbocycles. The molecule has 2 rings (SSSR count). The molecule has 0 spiro atoms. The third kappa shape index (κ3) is 4.47. The van der Waals surface area contributed by atoms with E-state index in [9.17, 15) is 0 Å². The minimum absolute atomic E-state index is 0.827. The van der Waals surface area contributed by atoms with Crippen molar-refractivity contribution in [1.29, 1.82) is 0 Å². The van der Waals surface area contributed by atoms with Gasteiger partial charge in [-0.25, -0.2) is 0 Å². The Balaban J connectivity index is 1.74. The molecule has 0 heterocycles. The zero-order valence-corrected chi connectivity index (χ0v) is 11.9. The fourth-order valence-electron chi connectivity index (χ4n) is 2.04. The number of ether oxygens (including phenoxy) is 1. The lowest BCUT2D eigenvalue weighted by Crippen LogP contribution is -1.87. The average Bonchev–Trinajstić information content (AvgIpc) is 2.49. The fraction of sp³-hybridized carbons (Fsp3) is 0.222. The van der Waals surface area contributed by atoms with Crippen LogP contribution in [-0.2, 0) is 6.42 Å². The molecule has 20 heavy (non-hydrogen) atoms. The molecule has 0 atom stereocenters. The summed E-state index contributed by atoms with van der Waals surface area (Å²) in [6.45, 7) is 0. The number of aryl methyl sites for hydroxylation is 1. The standard InChI is InChI=1S/C18H21NO/c1-20-18-13-9-16(10-14-18)6-4-2-3-5-15-7-11-17(19)12-8-15/h4,6-14H,2-3,5,19H2,1H3/b6-4+. The van der Waals surface area contributed by atoms with Crippen LogP contribution in [0.4, 0.5) is 5.69 Å². The number of allylic oxidation sites excluding steroid dienone is 1. The summed E-state index contributed by atoms with van der Waals surface area (Å²) in [4.78, 5) is 0. The minimum atomic E-state index is 0.827. The molecule has 2 heteroatoms. The smallest absolute Gasteiger partial charge is 0.118 e. The molecule has 0 bridgehead atoms. The largest absolute Gasteiger partial charge is 0.497 e. The normalized spacial score (nSPS) is 10.8. The fourth-order valence-corrected chi connectivity index (χ4v) is 2.04. The minimum Gasteiger partial charge on any atom is -0.497 e. The van der Waals surface area contributed by atoms with Crippen LogP contribution >= 0.6 is 0 Å². The second kappa shape index (κ2) is 7.39. The van der Waals surface area contributed by atoms with Crippen molar-refractivity contribution in [1.82, 2.24) is 0 Å². The van der Waals surface area contributed by atoms with Crippen LogP contribution in [-0.4, -0.2) is 7.11 Å². The molecule has 0 aliphatic rings. The Morgan fingerprint density at radius 2 is 1.70 bits per heavy atom. The van der Waals surface area contributed by atoms with Crippen molar-refractivity contribution in [2.45, 2.75) is 19.3 Å². The van der Waals surface area contributed by atoms with Crippen molar-refractivity contribution in [3.8, 4) is 5.75 Å². The van der Waals surface area contributed by atoms with E-state index in [2.05, 4.69) is 36.4 Å². The Morgan fingerprint density at radius 3 is 2.35 bits per heavy atom. The molecule has 0 saturated carbocycles. The molecule has 104 valence electrons. The Hall–Kier alpha value is -2.22. The van der Waals surface area contributed by atoms with E-state index in [1.807, 2.05) is 24.3 Å². The first-order valence-electron chi connectivity index (χ1n) is 6.93. The van der Waals surface area contributed by atoms with Crippen molar-refractivity contribution < 1.29 is 4.74 Å². The first-order chi connectivity index (χ1) is 9.78. The van der Waals surface area contributed by atoms with Crippen molar-refractivity contribution in [3.63, 3.8) is 0 Å². The number of hydrogen-bond acceptors (Lipinski definition) is 2. The first kappa shape index (κ1) is 14.2. The highest BCUT2D eigenvalue weighted by molar-refractivity contribution is 5.50. The van der Waals surface area contributed by atoms with Gasteiger partial charge in [0.2, 0.25) is 0 Å². The van der Waals surface area contributed by atoms with Gasteiger partial charge in [0.15, 0.2) is 0 Å². The molecule has 0 aliphatic heterocycles. The highest BCUT2D eigenvalue weighted by Gasteiger charge is 1.93. The molecule has 2 aromatic rings. The van der Waals surface area contributed by atoms with Crippen LogP contribution in [0.5, 0.6) is 5.75 Å². The van der Waals surface area contributed by atoms with Crippen molar-refractivity contribution in [3.05, 3.63) is 65.7 Å². The highest BCUT2D eigenvalue weighted by Crippen LogP contribution is 2.13. The van der Waals surface area contributed by atoms with E-state index in [-0.39, 0.29) is 0 Å². The van der Waals surface area contributed by atoms with Gasteiger partial charge < -0.3 is 10.5 Å². The number of benzene rings is 2. The van der Waals surface area contributed by atoms with Gasteiger partial charge in [-0.05, 0) is 54.7 Å². The van der Waals surface area contributed by atoms with Crippen molar-refractivity contribution in [2.75, 3.05) is 12.8 Å². The molecule has 0 fully saturated rings. The summed E-state index contributed by atoms with van der Waals surface area (Å²) in [7, 11) is 1.68. The second-order valence-electron chi connectivity index (χ2n) is 4.81. The maximum Gasteiger partial charge on any atom is 0.118 e. The van der Waals surface area contributed by atoms with E-state index in [1.165, 1.54) is 11.1 Å². The molecule has 2 nitrogen and oxygen atoms in total. The molecule has 0 saturated heterocycles. The van der Waals surface area contributed by atoms with Crippen LogP contribution in [0.15, 0.2) is 54.6 Å². The van der Waals surface area contributed by atoms with Crippen molar-refractivity contribution in [2.24, 2.45) is 0 Å². The summed E-state index contributed by atoms with van der Waals surface area (Å²) < 4.78 is 5.14. The van der Waals surface area contributed by atoms with Crippen molar-refractivity contribution >= 4 is 11.8 Å². The van der Waals surface area contributed by atoms with E-state index in [0.717, 1.165) is 30.7 Å². The highest BCUT2D eigenvalue weighted by atomic mass is 16.5. The number of anilines is 1. The monoisotopic (exact) mass is 267 g/mol. The molecule has 0 unspecified atom stereocenters. The van der Waals surface area contributed by atoms with E-state index in [0.29, 0.717) is 0 Å². The lowest BCUT2D eigenvalue weighted by atomic mass is 10.1. The topological polar surface area (TPSA) is 35.2 Å². The van der Waals surface area contributed by atoms with Gasteiger partial charge in [-0.15, -0.1) is 0 Å². The molecule has 0 aromatic heterocycles. The third-order valence-corrected chi connectivity index (χ3v) is 3.24. The quantitative estimate of drug-likeness (QED) is 0.625. The average molecular weight is 267 g/mol. The summed E-state index contributed by atoms with van der Waals surface area (Å²) in [5.74, 6) is 0.894. The zero-order chi connectivity index (χ0) is 14.2. The number of rotatable bonds is 6. The second-order valence-corrected chi connectivity index (χ2v) is 4.81.